The summed E-state index contributed by atoms with van der Waals surface area (Å²) in [6, 6.07) is 15.3. The van der Waals surface area contributed by atoms with Crippen LogP contribution >= 0.6 is 0 Å². The number of carbonyl (C=O) groups excluding carboxylic acids is 1. The van der Waals surface area contributed by atoms with Gasteiger partial charge in [-0.25, -0.2) is 9.18 Å². The quantitative estimate of drug-likeness (QED) is 0.357. The molecular weight excluding hydrogens is 463 g/mol. The summed E-state index contributed by atoms with van der Waals surface area (Å²) in [6.07, 6.45) is 2.47. The Morgan fingerprint density at radius 2 is 1.97 bits per heavy atom. The average Bonchev–Trinajstić information content (AvgIpc) is 3.59. The van der Waals surface area contributed by atoms with Crippen LogP contribution in [0, 0.1) is 5.82 Å². The number of allylic oxidation sites excluding steroid dienone is 1. The van der Waals surface area contributed by atoms with Crippen molar-refractivity contribution in [2.45, 2.75) is 32.9 Å². The fourth-order valence-corrected chi connectivity index (χ4v) is 4.26. The molecule has 1 aliphatic rings. The van der Waals surface area contributed by atoms with E-state index >= 15 is 0 Å². The van der Waals surface area contributed by atoms with Crippen LogP contribution in [-0.4, -0.2) is 28.2 Å². The van der Waals surface area contributed by atoms with Gasteiger partial charge in [-0.15, -0.1) is 0 Å². The van der Waals surface area contributed by atoms with Crippen molar-refractivity contribution < 1.29 is 22.9 Å². The number of halogens is 1. The van der Waals surface area contributed by atoms with Gasteiger partial charge in [-0.3, -0.25) is 4.90 Å². The van der Waals surface area contributed by atoms with Crippen molar-refractivity contribution in [1.82, 2.24) is 20.4 Å². The number of benzene rings is 2. The number of urea groups is 1. The number of methoxy groups -OCH3 is 1. The molecule has 5 rings (SSSR count). The molecule has 1 N–H and O–H groups in total. The van der Waals surface area contributed by atoms with Crippen molar-refractivity contribution in [2.24, 2.45) is 0 Å². The third kappa shape index (κ3) is 4.35. The Labute approximate surface area is 207 Å². The van der Waals surface area contributed by atoms with E-state index in [9.17, 15) is 9.18 Å². The van der Waals surface area contributed by atoms with Crippen LogP contribution in [0.2, 0.25) is 0 Å². The number of nitrogens with one attached hydrogen (secondary N) is 1. The van der Waals surface area contributed by atoms with E-state index in [2.05, 4.69) is 22.4 Å². The molecule has 2 amide bonds. The second-order valence-electron chi connectivity index (χ2n) is 8.41. The van der Waals surface area contributed by atoms with Gasteiger partial charge in [0.2, 0.25) is 5.82 Å². The summed E-state index contributed by atoms with van der Waals surface area (Å²) in [5, 5.41) is 7.16. The number of carbonyl (C=O) groups is 1. The van der Waals surface area contributed by atoms with E-state index in [0.717, 1.165) is 12.0 Å². The molecule has 36 heavy (non-hydrogen) atoms. The van der Waals surface area contributed by atoms with E-state index < -0.39 is 11.9 Å². The zero-order valence-electron chi connectivity index (χ0n) is 20.1. The second-order valence-corrected chi connectivity index (χ2v) is 8.41. The highest BCUT2D eigenvalue weighted by atomic mass is 19.1. The molecule has 0 radical (unpaired) electrons. The Kier molecular flexibility index (Phi) is 6.28. The summed E-state index contributed by atoms with van der Waals surface area (Å²) in [6.45, 7) is 4.16. The maximum Gasteiger partial charge on any atom is 0.322 e. The molecule has 0 saturated carbocycles. The number of hydrogen-bond acceptors (Lipinski definition) is 6. The summed E-state index contributed by atoms with van der Waals surface area (Å²) in [4.78, 5) is 19.3. The lowest BCUT2D eigenvalue weighted by molar-refractivity contribution is 0.199. The topological polar surface area (TPSA) is 93.6 Å². The van der Waals surface area contributed by atoms with Gasteiger partial charge in [0.25, 0.3) is 5.89 Å². The van der Waals surface area contributed by atoms with Gasteiger partial charge >= 0.3 is 6.03 Å². The second kappa shape index (κ2) is 9.69. The molecule has 184 valence electrons. The van der Waals surface area contributed by atoms with Gasteiger partial charge in [-0.05, 0) is 54.8 Å². The van der Waals surface area contributed by atoms with E-state index in [1.165, 1.54) is 24.8 Å². The summed E-state index contributed by atoms with van der Waals surface area (Å²) in [5.74, 6) is 0.684. The first-order valence-corrected chi connectivity index (χ1v) is 11.6. The third-order valence-electron chi connectivity index (χ3n) is 6.28. The molecule has 0 spiro atoms. The molecule has 0 bridgehead atoms. The summed E-state index contributed by atoms with van der Waals surface area (Å²) >= 11 is 0. The molecule has 0 fully saturated rings. The fraction of sp³-hybridized carbons (Fsp3) is 0.222. The number of rotatable bonds is 7. The van der Waals surface area contributed by atoms with Crippen molar-refractivity contribution >= 4 is 11.6 Å². The predicted molar refractivity (Wildman–Crippen MR) is 130 cm³/mol. The molecule has 4 aromatic rings. The number of aryl methyl sites for hydroxylation is 1. The predicted octanol–water partition coefficient (Wildman–Crippen LogP) is 5.74. The lowest BCUT2D eigenvalue weighted by Crippen LogP contribution is -2.45. The van der Waals surface area contributed by atoms with Crippen LogP contribution in [0.5, 0.6) is 5.75 Å². The number of aromatic nitrogens is 2. The van der Waals surface area contributed by atoms with Gasteiger partial charge in [0, 0.05) is 11.3 Å². The van der Waals surface area contributed by atoms with Gasteiger partial charge in [-0.1, -0.05) is 36.3 Å². The highest BCUT2D eigenvalue weighted by Gasteiger charge is 2.36. The van der Waals surface area contributed by atoms with E-state index in [-0.39, 0.29) is 30.0 Å². The molecule has 1 atom stereocenters. The van der Waals surface area contributed by atoms with Gasteiger partial charge in [0.1, 0.15) is 5.76 Å². The smallest absolute Gasteiger partial charge is 0.322 e. The number of furan rings is 1. The lowest BCUT2D eigenvalue weighted by atomic mass is 9.93. The first kappa shape index (κ1) is 23.3. The van der Waals surface area contributed by atoms with Gasteiger partial charge in [0.05, 0.1) is 31.5 Å². The molecule has 0 aliphatic carbocycles. The molecule has 1 aliphatic heterocycles. The largest absolute Gasteiger partial charge is 0.494 e. The number of amides is 2. The van der Waals surface area contributed by atoms with E-state index in [4.69, 9.17) is 13.7 Å². The van der Waals surface area contributed by atoms with Gasteiger partial charge in [-0.2, -0.15) is 4.98 Å². The Bertz CT molecular complexity index is 1410. The van der Waals surface area contributed by atoms with Gasteiger partial charge < -0.3 is 19.0 Å². The Balaban J connectivity index is 1.58. The third-order valence-corrected chi connectivity index (χ3v) is 6.28. The molecule has 1 unspecified atom stereocenters. The minimum atomic E-state index is -0.528. The molecule has 0 saturated heterocycles. The minimum absolute atomic E-state index is 0.125. The molecule has 3 heterocycles. The molecule has 2 aromatic carbocycles. The zero-order valence-corrected chi connectivity index (χ0v) is 20.1. The Hall–Kier alpha value is -4.40. The van der Waals surface area contributed by atoms with Crippen LogP contribution in [0.1, 0.15) is 42.7 Å². The Morgan fingerprint density at radius 3 is 2.64 bits per heavy atom. The van der Waals surface area contributed by atoms with E-state index in [0.29, 0.717) is 22.6 Å². The SMILES string of the molecule is CCc1ccc(C2NC(=O)N(Cc3ccco3)C(C)=C2c2nc(-c3ccc(OC)c(F)c3)no2)cc1. The number of nitrogens with zero attached hydrogens (tertiary/aromatic N) is 3. The maximum atomic E-state index is 14.3. The van der Waals surface area contributed by atoms with Crippen LogP contribution in [0.4, 0.5) is 9.18 Å². The average molecular weight is 489 g/mol. The monoisotopic (exact) mass is 488 g/mol. The van der Waals surface area contributed by atoms with Crippen molar-refractivity contribution in [3.8, 4) is 17.1 Å². The van der Waals surface area contributed by atoms with E-state index in [1.807, 2.05) is 31.2 Å². The normalized spacial score (nSPS) is 15.8. The molecule has 8 nitrogen and oxygen atoms in total. The number of hydrogen-bond donors (Lipinski definition) is 1. The molecule has 2 aromatic heterocycles. The molecular formula is C27H25FN4O4. The van der Waals surface area contributed by atoms with Crippen LogP contribution < -0.4 is 10.1 Å². The molecule has 9 heteroatoms. The Morgan fingerprint density at radius 1 is 1.17 bits per heavy atom. The summed E-state index contributed by atoms with van der Waals surface area (Å²) in [5.41, 5.74) is 3.80. The summed E-state index contributed by atoms with van der Waals surface area (Å²) < 4.78 is 30.4. The van der Waals surface area contributed by atoms with Crippen molar-refractivity contribution in [2.75, 3.05) is 7.11 Å². The first-order chi connectivity index (χ1) is 17.5. The minimum Gasteiger partial charge on any atom is -0.494 e. The fourth-order valence-electron chi connectivity index (χ4n) is 4.26. The highest BCUT2D eigenvalue weighted by Crippen LogP contribution is 2.38. The summed E-state index contributed by atoms with van der Waals surface area (Å²) in [7, 11) is 1.40. The van der Waals surface area contributed by atoms with E-state index in [1.54, 1.807) is 29.4 Å². The van der Waals surface area contributed by atoms with Crippen LogP contribution in [0.25, 0.3) is 17.0 Å². The van der Waals surface area contributed by atoms with Crippen molar-refractivity contribution in [3.05, 3.63) is 95.2 Å². The van der Waals surface area contributed by atoms with Crippen molar-refractivity contribution in [3.63, 3.8) is 0 Å². The van der Waals surface area contributed by atoms with Gasteiger partial charge in [0.15, 0.2) is 11.6 Å². The first-order valence-electron chi connectivity index (χ1n) is 11.6. The lowest BCUT2D eigenvalue weighted by Gasteiger charge is -2.34. The van der Waals surface area contributed by atoms with Crippen LogP contribution in [0.3, 0.4) is 0 Å². The number of ether oxygens (including phenoxy) is 1. The zero-order chi connectivity index (χ0) is 25.2. The van der Waals surface area contributed by atoms with Crippen LogP contribution in [0.15, 0.2) is 75.5 Å². The van der Waals surface area contributed by atoms with Crippen molar-refractivity contribution in [1.29, 1.82) is 0 Å². The highest BCUT2D eigenvalue weighted by molar-refractivity contribution is 5.86. The standard InChI is InChI=1S/C27H25FN4O4/c1-4-17-7-9-18(10-8-17)24-23(16(2)32(27(33)29-24)15-20-6-5-13-35-20)26-30-25(31-36-26)19-11-12-22(34-3)21(28)14-19/h5-14,24H,4,15H2,1-3H3,(H,29,33). The maximum absolute atomic E-state index is 14.3. The van der Waals surface area contributed by atoms with Crippen LogP contribution in [-0.2, 0) is 13.0 Å².